The SMILES string of the molecule is Cc1cc(C)c2c(c1)c1c(n2-c2cccc(Br)c2)CCN(C)C1. The third kappa shape index (κ3) is 2.43. The maximum Gasteiger partial charge on any atom is 0.0564 e. The van der Waals surface area contributed by atoms with Gasteiger partial charge in [-0.15, -0.1) is 0 Å². The molecule has 1 aromatic heterocycles. The van der Waals surface area contributed by atoms with E-state index < -0.39 is 0 Å². The minimum atomic E-state index is 1.04. The van der Waals surface area contributed by atoms with Crippen molar-refractivity contribution in [3.05, 3.63) is 63.3 Å². The molecule has 0 unspecified atom stereocenters. The Bertz CT molecular complexity index is 908. The summed E-state index contributed by atoms with van der Waals surface area (Å²) in [5.41, 5.74) is 8.30. The van der Waals surface area contributed by atoms with E-state index >= 15 is 0 Å². The average molecular weight is 369 g/mol. The van der Waals surface area contributed by atoms with Crippen molar-refractivity contribution in [1.82, 2.24) is 9.47 Å². The Morgan fingerprint density at radius 1 is 1.09 bits per heavy atom. The molecular formula is C20H21BrN2. The van der Waals surface area contributed by atoms with Crippen LogP contribution in [0.3, 0.4) is 0 Å². The van der Waals surface area contributed by atoms with Crippen LogP contribution in [-0.4, -0.2) is 23.1 Å². The number of hydrogen-bond donors (Lipinski definition) is 0. The van der Waals surface area contributed by atoms with Gasteiger partial charge < -0.3 is 9.47 Å². The van der Waals surface area contributed by atoms with Gasteiger partial charge in [-0.1, -0.05) is 33.6 Å². The van der Waals surface area contributed by atoms with Crippen LogP contribution < -0.4 is 0 Å². The van der Waals surface area contributed by atoms with Gasteiger partial charge in [0.25, 0.3) is 0 Å². The molecule has 2 heterocycles. The molecule has 0 spiro atoms. The number of nitrogens with zero attached hydrogens (tertiary/aromatic N) is 2. The highest BCUT2D eigenvalue weighted by Gasteiger charge is 2.24. The monoisotopic (exact) mass is 368 g/mol. The summed E-state index contributed by atoms with van der Waals surface area (Å²) < 4.78 is 3.61. The van der Waals surface area contributed by atoms with Crippen LogP contribution in [-0.2, 0) is 13.0 Å². The molecule has 1 aliphatic heterocycles. The van der Waals surface area contributed by atoms with Crippen molar-refractivity contribution in [2.75, 3.05) is 13.6 Å². The Balaban J connectivity index is 2.11. The van der Waals surface area contributed by atoms with E-state index in [9.17, 15) is 0 Å². The molecule has 0 bridgehead atoms. The zero-order valence-electron chi connectivity index (χ0n) is 13.9. The summed E-state index contributed by atoms with van der Waals surface area (Å²) in [4.78, 5) is 2.42. The van der Waals surface area contributed by atoms with Gasteiger partial charge in [0.2, 0.25) is 0 Å². The summed E-state index contributed by atoms with van der Waals surface area (Å²) in [6.45, 7) is 6.59. The fraction of sp³-hybridized carbons (Fsp3) is 0.300. The zero-order chi connectivity index (χ0) is 16.1. The van der Waals surface area contributed by atoms with Crippen LogP contribution in [0.5, 0.6) is 0 Å². The average Bonchev–Trinajstić information content (AvgIpc) is 2.81. The van der Waals surface area contributed by atoms with Crippen molar-refractivity contribution in [1.29, 1.82) is 0 Å². The Hall–Kier alpha value is -1.58. The second-order valence-electron chi connectivity index (χ2n) is 6.71. The molecule has 23 heavy (non-hydrogen) atoms. The number of rotatable bonds is 1. The second-order valence-corrected chi connectivity index (χ2v) is 7.62. The quantitative estimate of drug-likeness (QED) is 0.586. The molecule has 1 aliphatic rings. The van der Waals surface area contributed by atoms with E-state index in [2.05, 4.69) is 82.7 Å². The van der Waals surface area contributed by atoms with Gasteiger partial charge in [0.1, 0.15) is 0 Å². The maximum absolute atomic E-state index is 3.63. The summed E-state index contributed by atoms with van der Waals surface area (Å²) in [7, 11) is 2.22. The molecule has 2 aromatic carbocycles. The number of likely N-dealkylation sites (N-methyl/N-ethyl adjacent to an activating group) is 1. The minimum absolute atomic E-state index is 1.04. The van der Waals surface area contributed by atoms with Crippen LogP contribution in [0.15, 0.2) is 40.9 Å². The molecule has 4 rings (SSSR count). The first-order chi connectivity index (χ1) is 11.0. The Kier molecular flexibility index (Phi) is 3.58. The molecule has 0 saturated carbocycles. The standard InChI is InChI=1S/C20H21BrN2/c1-13-9-14(2)20-17(10-13)18-12-22(3)8-7-19(18)23(20)16-6-4-5-15(21)11-16/h4-6,9-11H,7-8,12H2,1-3H3. The van der Waals surface area contributed by atoms with Crippen LogP contribution in [0.1, 0.15) is 22.4 Å². The molecule has 3 aromatic rings. The highest BCUT2D eigenvalue weighted by molar-refractivity contribution is 9.10. The number of fused-ring (bicyclic) bond motifs is 3. The molecule has 0 radical (unpaired) electrons. The van der Waals surface area contributed by atoms with Gasteiger partial charge in [0.15, 0.2) is 0 Å². The minimum Gasteiger partial charge on any atom is -0.313 e. The Labute approximate surface area is 145 Å². The molecule has 0 atom stereocenters. The molecule has 0 amide bonds. The Morgan fingerprint density at radius 3 is 2.70 bits per heavy atom. The van der Waals surface area contributed by atoms with E-state index in [1.165, 1.54) is 39.0 Å². The van der Waals surface area contributed by atoms with Gasteiger partial charge >= 0.3 is 0 Å². The molecular weight excluding hydrogens is 348 g/mol. The first-order valence-corrected chi connectivity index (χ1v) is 8.92. The van der Waals surface area contributed by atoms with Gasteiger partial charge in [0, 0.05) is 40.8 Å². The van der Waals surface area contributed by atoms with Crippen molar-refractivity contribution in [2.45, 2.75) is 26.8 Å². The predicted octanol–water partition coefficient (Wildman–Crippen LogP) is 5.00. The number of halogens is 1. The molecule has 3 heteroatoms. The third-order valence-corrected chi connectivity index (χ3v) is 5.33. The second kappa shape index (κ2) is 5.50. The fourth-order valence-corrected chi connectivity index (χ4v) is 4.28. The van der Waals surface area contributed by atoms with Crippen LogP contribution in [0.25, 0.3) is 16.6 Å². The fourth-order valence-electron chi connectivity index (χ4n) is 3.90. The van der Waals surface area contributed by atoms with Crippen molar-refractivity contribution < 1.29 is 0 Å². The highest BCUT2D eigenvalue weighted by Crippen LogP contribution is 2.36. The van der Waals surface area contributed by atoms with E-state index in [-0.39, 0.29) is 0 Å². The van der Waals surface area contributed by atoms with Gasteiger partial charge in [-0.3, -0.25) is 0 Å². The van der Waals surface area contributed by atoms with Crippen LogP contribution in [0.2, 0.25) is 0 Å². The van der Waals surface area contributed by atoms with Gasteiger partial charge in [0.05, 0.1) is 5.52 Å². The third-order valence-electron chi connectivity index (χ3n) is 4.84. The first kappa shape index (κ1) is 15.0. The van der Waals surface area contributed by atoms with Gasteiger partial charge in [-0.2, -0.15) is 0 Å². The summed E-state index contributed by atoms with van der Waals surface area (Å²) in [6, 6.07) is 13.3. The maximum atomic E-state index is 3.63. The smallest absolute Gasteiger partial charge is 0.0564 e. The lowest BCUT2D eigenvalue weighted by molar-refractivity contribution is 0.311. The molecule has 2 nitrogen and oxygen atoms in total. The summed E-state index contributed by atoms with van der Waals surface area (Å²) in [5, 5.41) is 1.42. The normalized spacial score (nSPS) is 15.1. The Morgan fingerprint density at radius 2 is 1.91 bits per heavy atom. The van der Waals surface area contributed by atoms with E-state index in [0.717, 1.165) is 24.0 Å². The number of aromatic nitrogens is 1. The predicted molar refractivity (Wildman–Crippen MR) is 100 cm³/mol. The van der Waals surface area contributed by atoms with E-state index in [0.29, 0.717) is 0 Å². The summed E-state index contributed by atoms with van der Waals surface area (Å²) in [6.07, 6.45) is 1.10. The largest absolute Gasteiger partial charge is 0.313 e. The lowest BCUT2D eigenvalue weighted by Gasteiger charge is -2.24. The molecule has 0 aliphatic carbocycles. The lowest BCUT2D eigenvalue weighted by Crippen LogP contribution is -2.27. The highest BCUT2D eigenvalue weighted by atomic mass is 79.9. The van der Waals surface area contributed by atoms with Crippen LogP contribution in [0.4, 0.5) is 0 Å². The van der Waals surface area contributed by atoms with Crippen molar-refractivity contribution in [2.24, 2.45) is 0 Å². The molecule has 118 valence electrons. The van der Waals surface area contributed by atoms with Gasteiger partial charge in [-0.25, -0.2) is 0 Å². The first-order valence-electron chi connectivity index (χ1n) is 8.12. The van der Waals surface area contributed by atoms with E-state index in [1.54, 1.807) is 0 Å². The van der Waals surface area contributed by atoms with E-state index in [4.69, 9.17) is 0 Å². The van der Waals surface area contributed by atoms with Crippen molar-refractivity contribution >= 4 is 26.8 Å². The van der Waals surface area contributed by atoms with Crippen molar-refractivity contribution in [3.8, 4) is 5.69 Å². The summed E-state index contributed by atoms with van der Waals surface area (Å²) >= 11 is 3.63. The topological polar surface area (TPSA) is 8.17 Å². The molecule has 0 saturated heterocycles. The lowest BCUT2D eigenvalue weighted by atomic mass is 10.0. The van der Waals surface area contributed by atoms with Crippen molar-refractivity contribution in [3.63, 3.8) is 0 Å². The number of benzene rings is 2. The van der Waals surface area contributed by atoms with E-state index in [1.807, 2.05) is 0 Å². The molecule has 0 N–H and O–H groups in total. The van der Waals surface area contributed by atoms with Crippen LogP contribution >= 0.6 is 15.9 Å². The van der Waals surface area contributed by atoms with Gasteiger partial charge in [-0.05, 0) is 56.3 Å². The number of aryl methyl sites for hydroxylation is 2. The zero-order valence-corrected chi connectivity index (χ0v) is 15.4. The molecule has 0 fully saturated rings. The van der Waals surface area contributed by atoms with Crippen LogP contribution in [0, 0.1) is 13.8 Å². The number of hydrogen-bond acceptors (Lipinski definition) is 1. The summed E-state index contributed by atoms with van der Waals surface area (Å²) in [5.74, 6) is 0.